The van der Waals surface area contributed by atoms with Crippen LogP contribution in [0, 0.1) is 0 Å². The SMILES string of the molecule is CNC(=O)C(C)NCC(O)COc1cc(Cl)ccc1Cl. The molecule has 1 aromatic carbocycles. The fourth-order valence-corrected chi connectivity index (χ4v) is 1.79. The van der Waals surface area contributed by atoms with E-state index >= 15 is 0 Å². The van der Waals surface area contributed by atoms with Crippen LogP contribution in [0.4, 0.5) is 0 Å². The number of carbonyl (C=O) groups excluding carboxylic acids is 1. The van der Waals surface area contributed by atoms with Crippen molar-refractivity contribution < 1.29 is 14.6 Å². The quantitative estimate of drug-likeness (QED) is 0.711. The van der Waals surface area contributed by atoms with Gasteiger partial charge in [0.15, 0.2) is 0 Å². The van der Waals surface area contributed by atoms with Crippen LogP contribution in [-0.2, 0) is 4.79 Å². The molecule has 1 aromatic rings. The molecule has 0 radical (unpaired) electrons. The van der Waals surface area contributed by atoms with Crippen LogP contribution < -0.4 is 15.4 Å². The van der Waals surface area contributed by atoms with Crippen molar-refractivity contribution in [3.8, 4) is 5.75 Å². The number of likely N-dealkylation sites (N-methyl/N-ethyl adjacent to an activating group) is 1. The minimum absolute atomic E-state index is 0.0491. The number of nitrogens with one attached hydrogen (secondary N) is 2. The van der Waals surface area contributed by atoms with Crippen LogP contribution >= 0.6 is 23.2 Å². The highest BCUT2D eigenvalue weighted by Gasteiger charge is 2.13. The summed E-state index contributed by atoms with van der Waals surface area (Å²) in [5.41, 5.74) is 0. The lowest BCUT2D eigenvalue weighted by Crippen LogP contribution is -2.44. The first kappa shape index (κ1) is 17.0. The molecule has 0 aliphatic rings. The molecule has 0 saturated carbocycles. The smallest absolute Gasteiger partial charge is 0.236 e. The molecule has 112 valence electrons. The minimum atomic E-state index is -0.767. The molecule has 7 heteroatoms. The Balaban J connectivity index is 2.38. The molecule has 0 saturated heterocycles. The van der Waals surface area contributed by atoms with Crippen LogP contribution in [-0.4, -0.2) is 43.4 Å². The lowest BCUT2D eigenvalue weighted by Gasteiger charge is -2.17. The van der Waals surface area contributed by atoms with E-state index in [2.05, 4.69) is 10.6 Å². The number of carbonyl (C=O) groups is 1. The third-order valence-electron chi connectivity index (χ3n) is 2.62. The lowest BCUT2D eigenvalue weighted by atomic mass is 10.3. The Morgan fingerprint density at radius 3 is 2.80 bits per heavy atom. The van der Waals surface area contributed by atoms with Gasteiger partial charge in [-0.05, 0) is 19.1 Å². The summed E-state index contributed by atoms with van der Waals surface area (Å²) in [6.45, 7) is 1.99. The van der Waals surface area contributed by atoms with Gasteiger partial charge in [0.05, 0.1) is 11.1 Å². The van der Waals surface area contributed by atoms with E-state index < -0.39 is 6.10 Å². The number of hydrogen-bond donors (Lipinski definition) is 3. The summed E-state index contributed by atoms with van der Waals surface area (Å²) in [6, 6.07) is 4.47. The maximum atomic E-state index is 11.3. The maximum Gasteiger partial charge on any atom is 0.236 e. The standard InChI is InChI=1S/C13H18Cl2N2O3/c1-8(13(19)16-2)17-6-10(18)7-20-12-5-9(14)3-4-11(12)15/h3-5,8,10,17-18H,6-7H2,1-2H3,(H,16,19). The first-order chi connectivity index (χ1) is 9.43. The molecule has 0 heterocycles. The first-order valence-corrected chi connectivity index (χ1v) is 6.90. The number of benzene rings is 1. The second-order valence-electron chi connectivity index (χ2n) is 4.28. The van der Waals surface area contributed by atoms with Gasteiger partial charge in [0.1, 0.15) is 18.5 Å². The highest BCUT2D eigenvalue weighted by atomic mass is 35.5. The molecule has 0 fully saturated rings. The molecule has 1 amide bonds. The van der Waals surface area contributed by atoms with Crippen LogP contribution in [0.25, 0.3) is 0 Å². The van der Waals surface area contributed by atoms with E-state index in [4.69, 9.17) is 27.9 Å². The van der Waals surface area contributed by atoms with Gasteiger partial charge < -0.3 is 20.5 Å². The Morgan fingerprint density at radius 2 is 2.15 bits per heavy atom. The van der Waals surface area contributed by atoms with Crippen molar-refractivity contribution in [2.24, 2.45) is 0 Å². The van der Waals surface area contributed by atoms with Crippen molar-refractivity contribution in [2.75, 3.05) is 20.2 Å². The lowest BCUT2D eigenvalue weighted by molar-refractivity contribution is -0.122. The van der Waals surface area contributed by atoms with Gasteiger partial charge in [0, 0.05) is 24.7 Å². The van der Waals surface area contributed by atoms with Gasteiger partial charge in [-0.2, -0.15) is 0 Å². The zero-order valence-electron chi connectivity index (χ0n) is 11.3. The molecule has 0 aliphatic carbocycles. The van der Waals surface area contributed by atoms with Crippen LogP contribution in [0.2, 0.25) is 10.0 Å². The first-order valence-electron chi connectivity index (χ1n) is 6.15. The van der Waals surface area contributed by atoms with Crippen LogP contribution in [0.1, 0.15) is 6.92 Å². The molecule has 0 spiro atoms. The van der Waals surface area contributed by atoms with Gasteiger partial charge >= 0.3 is 0 Å². The number of hydrogen-bond acceptors (Lipinski definition) is 4. The highest BCUT2D eigenvalue weighted by molar-refractivity contribution is 6.34. The molecule has 0 aromatic heterocycles. The highest BCUT2D eigenvalue weighted by Crippen LogP contribution is 2.27. The number of halogens is 2. The number of ether oxygens (including phenoxy) is 1. The zero-order chi connectivity index (χ0) is 15.1. The number of amides is 1. The summed E-state index contributed by atoms with van der Waals surface area (Å²) in [5.74, 6) is 0.272. The predicted molar refractivity (Wildman–Crippen MR) is 79.5 cm³/mol. The second-order valence-corrected chi connectivity index (χ2v) is 5.13. The predicted octanol–water partition coefficient (Wildman–Crippen LogP) is 1.46. The van der Waals surface area contributed by atoms with E-state index in [1.165, 1.54) is 0 Å². The van der Waals surface area contributed by atoms with Crippen molar-refractivity contribution in [2.45, 2.75) is 19.1 Å². The largest absolute Gasteiger partial charge is 0.489 e. The zero-order valence-corrected chi connectivity index (χ0v) is 12.8. The molecule has 20 heavy (non-hydrogen) atoms. The van der Waals surface area contributed by atoms with Crippen molar-refractivity contribution in [3.05, 3.63) is 28.2 Å². The molecule has 5 nitrogen and oxygen atoms in total. The maximum absolute atomic E-state index is 11.3. The molecule has 2 atom stereocenters. The number of aliphatic hydroxyl groups excluding tert-OH is 1. The van der Waals surface area contributed by atoms with Crippen molar-refractivity contribution >= 4 is 29.1 Å². The summed E-state index contributed by atoms with van der Waals surface area (Å²) < 4.78 is 5.39. The molecular weight excluding hydrogens is 303 g/mol. The van der Waals surface area contributed by atoms with E-state index in [1.54, 1.807) is 32.2 Å². The van der Waals surface area contributed by atoms with Crippen molar-refractivity contribution in [3.63, 3.8) is 0 Å². The van der Waals surface area contributed by atoms with Crippen LogP contribution in [0.15, 0.2) is 18.2 Å². The Hall–Kier alpha value is -1.01. The third kappa shape index (κ3) is 5.54. The molecule has 3 N–H and O–H groups in total. The summed E-state index contributed by atoms with van der Waals surface area (Å²) in [7, 11) is 1.56. The van der Waals surface area contributed by atoms with E-state index in [0.717, 1.165) is 0 Å². The van der Waals surface area contributed by atoms with Gasteiger partial charge in [0.25, 0.3) is 0 Å². The van der Waals surface area contributed by atoms with Gasteiger partial charge in [-0.25, -0.2) is 0 Å². The summed E-state index contributed by atoms with van der Waals surface area (Å²) in [4.78, 5) is 11.3. The van der Waals surface area contributed by atoms with E-state index in [9.17, 15) is 9.90 Å². The van der Waals surface area contributed by atoms with Gasteiger partial charge in [-0.3, -0.25) is 4.79 Å². The monoisotopic (exact) mass is 320 g/mol. The van der Waals surface area contributed by atoms with Crippen LogP contribution in [0.5, 0.6) is 5.75 Å². The number of aliphatic hydroxyl groups is 1. The third-order valence-corrected chi connectivity index (χ3v) is 3.17. The fraction of sp³-hybridized carbons (Fsp3) is 0.462. The summed E-state index contributed by atoms with van der Waals surface area (Å²) in [5, 5.41) is 16.1. The minimum Gasteiger partial charge on any atom is -0.489 e. The fourth-order valence-electron chi connectivity index (χ4n) is 1.45. The average Bonchev–Trinajstić information content (AvgIpc) is 2.44. The molecule has 0 aliphatic heterocycles. The Morgan fingerprint density at radius 1 is 1.45 bits per heavy atom. The second kappa shape index (κ2) is 8.32. The number of rotatable bonds is 7. The van der Waals surface area contributed by atoms with E-state index in [0.29, 0.717) is 15.8 Å². The van der Waals surface area contributed by atoms with Crippen LogP contribution in [0.3, 0.4) is 0 Å². The van der Waals surface area contributed by atoms with Crippen molar-refractivity contribution in [1.82, 2.24) is 10.6 Å². The van der Waals surface area contributed by atoms with Crippen molar-refractivity contribution in [1.29, 1.82) is 0 Å². The summed E-state index contributed by atoms with van der Waals surface area (Å²) in [6.07, 6.45) is -0.767. The Bertz CT molecular complexity index is 457. The average molecular weight is 321 g/mol. The molecule has 2 unspecified atom stereocenters. The Kier molecular flexibility index (Phi) is 7.09. The van der Waals surface area contributed by atoms with E-state index in [1.807, 2.05) is 0 Å². The normalized spacial score (nSPS) is 13.7. The molecule has 1 rings (SSSR count). The molecule has 0 bridgehead atoms. The van der Waals surface area contributed by atoms with Gasteiger partial charge in [-0.1, -0.05) is 23.2 Å². The summed E-state index contributed by atoms with van der Waals surface area (Å²) >= 11 is 11.8. The molecular formula is C13H18Cl2N2O3. The topological polar surface area (TPSA) is 70.6 Å². The van der Waals surface area contributed by atoms with E-state index in [-0.39, 0.29) is 25.1 Å². The Labute approximate surface area is 128 Å². The van der Waals surface area contributed by atoms with Gasteiger partial charge in [0.2, 0.25) is 5.91 Å². The van der Waals surface area contributed by atoms with Gasteiger partial charge in [-0.15, -0.1) is 0 Å².